The summed E-state index contributed by atoms with van der Waals surface area (Å²) in [7, 11) is 0. The van der Waals surface area contributed by atoms with Gasteiger partial charge in [-0.25, -0.2) is 13.9 Å². The van der Waals surface area contributed by atoms with Gasteiger partial charge in [0.1, 0.15) is 5.82 Å². The van der Waals surface area contributed by atoms with Crippen LogP contribution in [0.15, 0.2) is 30.5 Å². The fourth-order valence-electron chi connectivity index (χ4n) is 3.25. The molecule has 0 N–H and O–H groups in total. The molecule has 23 heavy (non-hydrogen) atoms. The zero-order valence-electron chi connectivity index (χ0n) is 13.1. The van der Waals surface area contributed by atoms with Gasteiger partial charge in [0.25, 0.3) is 0 Å². The van der Waals surface area contributed by atoms with Gasteiger partial charge in [0.2, 0.25) is 10.1 Å². The molecule has 6 heteroatoms. The Labute approximate surface area is 138 Å². The van der Waals surface area contributed by atoms with Crippen molar-refractivity contribution in [1.29, 1.82) is 0 Å². The van der Waals surface area contributed by atoms with E-state index in [9.17, 15) is 4.39 Å². The Balaban J connectivity index is 1.39. The molecule has 4 nitrogen and oxygen atoms in total. The minimum Gasteiger partial charge on any atom is -0.347 e. The fourth-order valence-corrected chi connectivity index (χ4v) is 4.23. The topological polar surface area (TPSA) is 33.4 Å². The average molecular weight is 330 g/mol. The lowest BCUT2D eigenvalue weighted by atomic mass is 9.90. The average Bonchev–Trinajstić information content (AvgIpc) is 3.05. The van der Waals surface area contributed by atoms with E-state index in [-0.39, 0.29) is 5.82 Å². The molecule has 1 aliphatic heterocycles. The Morgan fingerprint density at radius 1 is 1.30 bits per heavy atom. The normalized spacial score (nSPS) is 16.3. The summed E-state index contributed by atoms with van der Waals surface area (Å²) in [5, 5.41) is 5.68. The fraction of sp³-hybridized carbons (Fsp3) is 0.412. The standard InChI is InChI=1S/C17H19FN4S/c1-12-11-22-16(19-12)23-17(20-22)21-7-5-13(6-8-21)9-14-3-2-4-15(18)10-14/h2-4,10-11,13H,5-9H2,1H3. The molecule has 3 aromatic rings. The number of aryl methyl sites for hydroxylation is 1. The number of halogens is 1. The lowest BCUT2D eigenvalue weighted by Gasteiger charge is -2.31. The smallest absolute Gasteiger partial charge is 0.214 e. The van der Waals surface area contributed by atoms with Crippen LogP contribution in [-0.4, -0.2) is 27.7 Å². The third kappa shape index (κ3) is 3.08. The van der Waals surface area contributed by atoms with Crippen molar-refractivity contribution in [3.63, 3.8) is 0 Å². The molecule has 0 amide bonds. The van der Waals surface area contributed by atoms with Gasteiger partial charge in [-0.05, 0) is 49.8 Å². The van der Waals surface area contributed by atoms with E-state index in [0.717, 1.165) is 53.7 Å². The highest BCUT2D eigenvalue weighted by Gasteiger charge is 2.22. The predicted molar refractivity (Wildman–Crippen MR) is 90.6 cm³/mol. The summed E-state index contributed by atoms with van der Waals surface area (Å²) in [6, 6.07) is 6.98. The van der Waals surface area contributed by atoms with Crippen LogP contribution < -0.4 is 4.90 Å². The molecule has 0 radical (unpaired) electrons. The molecular weight excluding hydrogens is 311 g/mol. The highest BCUT2D eigenvalue weighted by atomic mass is 32.1. The summed E-state index contributed by atoms with van der Waals surface area (Å²) in [6.45, 7) is 4.00. The number of imidazole rings is 1. The summed E-state index contributed by atoms with van der Waals surface area (Å²) >= 11 is 1.65. The van der Waals surface area contributed by atoms with E-state index in [2.05, 4.69) is 15.0 Å². The molecule has 1 saturated heterocycles. The molecule has 1 aliphatic rings. The molecule has 0 saturated carbocycles. The second kappa shape index (κ2) is 5.92. The lowest BCUT2D eigenvalue weighted by Crippen LogP contribution is -2.34. The van der Waals surface area contributed by atoms with Crippen molar-refractivity contribution in [1.82, 2.24) is 14.6 Å². The monoisotopic (exact) mass is 330 g/mol. The van der Waals surface area contributed by atoms with Crippen LogP contribution in [0.25, 0.3) is 4.96 Å². The molecule has 1 fully saturated rings. The van der Waals surface area contributed by atoms with Crippen LogP contribution in [0, 0.1) is 18.7 Å². The van der Waals surface area contributed by atoms with Crippen LogP contribution in [-0.2, 0) is 6.42 Å². The number of hydrogen-bond acceptors (Lipinski definition) is 4. The van der Waals surface area contributed by atoms with E-state index in [1.54, 1.807) is 23.5 Å². The number of benzene rings is 1. The first-order valence-corrected chi connectivity index (χ1v) is 8.81. The summed E-state index contributed by atoms with van der Waals surface area (Å²) < 4.78 is 15.1. The van der Waals surface area contributed by atoms with Gasteiger partial charge in [-0.1, -0.05) is 23.5 Å². The number of hydrogen-bond donors (Lipinski definition) is 0. The highest BCUT2D eigenvalue weighted by Crippen LogP contribution is 2.29. The number of anilines is 1. The Bertz CT molecular complexity index is 785. The van der Waals surface area contributed by atoms with Gasteiger partial charge in [-0.15, -0.1) is 5.10 Å². The first-order chi connectivity index (χ1) is 11.2. The van der Waals surface area contributed by atoms with E-state index < -0.39 is 0 Å². The first kappa shape index (κ1) is 14.6. The van der Waals surface area contributed by atoms with E-state index in [0.29, 0.717) is 5.92 Å². The lowest BCUT2D eigenvalue weighted by molar-refractivity contribution is 0.402. The minimum absolute atomic E-state index is 0.138. The van der Waals surface area contributed by atoms with E-state index in [1.165, 1.54) is 6.07 Å². The van der Waals surface area contributed by atoms with Crippen LogP contribution in [0.4, 0.5) is 9.52 Å². The number of piperidine rings is 1. The van der Waals surface area contributed by atoms with Gasteiger partial charge in [-0.2, -0.15) is 0 Å². The maximum atomic E-state index is 13.3. The third-order valence-corrected chi connectivity index (χ3v) is 5.43. The molecule has 0 aliphatic carbocycles. The summed E-state index contributed by atoms with van der Waals surface area (Å²) in [4.78, 5) is 7.77. The highest BCUT2D eigenvalue weighted by molar-refractivity contribution is 7.20. The van der Waals surface area contributed by atoms with Gasteiger partial charge >= 0.3 is 0 Å². The Morgan fingerprint density at radius 3 is 2.87 bits per heavy atom. The van der Waals surface area contributed by atoms with Crippen molar-refractivity contribution in [3.05, 3.63) is 47.5 Å². The molecule has 3 heterocycles. The maximum Gasteiger partial charge on any atom is 0.214 e. The third-order valence-electron chi connectivity index (χ3n) is 4.45. The number of aromatic nitrogens is 3. The van der Waals surface area contributed by atoms with Crippen molar-refractivity contribution in [2.24, 2.45) is 5.92 Å². The quantitative estimate of drug-likeness (QED) is 0.734. The Morgan fingerprint density at radius 2 is 2.13 bits per heavy atom. The van der Waals surface area contributed by atoms with E-state index in [1.807, 2.05) is 23.7 Å². The van der Waals surface area contributed by atoms with Crippen LogP contribution in [0.3, 0.4) is 0 Å². The Kier molecular flexibility index (Phi) is 3.77. The molecule has 120 valence electrons. The van der Waals surface area contributed by atoms with Crippen molar-refractivity contribution in [2.45, 2.75) is 26.2 Å². The van der Waals surface area contributed by atoms with Crippen LogP contribution in [0.1, 0.15) is 24.1 Å². The van der Waals surface area contributed by atoms with Crippen molar-refractivity contribution >= 4 is 21.4 Å². The maximum absolute atomic E-state index is 13.3. The molecule has 0 bridgehead atoms. The van der Waals surface area contributed by atoms with Gasteiger partial charge in [0.05, 0.1) is 11.9 Å². The number of rotatable bonds is 3. The summed E-state index contributed by atoms with van der Waals surface area (Å²) in [6.07, 6.45) is 5.17. The summed E-state index contributed by atoms with van der Waals surface area (Å²) in [5.74, 6) is 0.487. The van der Waals surface area contributed by atoms with Gasteiger partial charge in [-0.3, -0.25) is 0 Å². The minimum atomic E-state index is -0.138. The number of fused-ring (bicyclic) bond motifs is 1. The molecule has 0 unspecified atom stereocenters. The van der Waals surface area contributed by atoms with Gasteiger partial charge in [0.15, 0.2) is 0 Å². The largest absolute Gasteiger partial charge is 0.347 e. The van der Waals surface area contributed by atoms with E-state index in [4.69, 9.17) is 0 Å². The van der Waals surface area contributed by atoms with Crippen molar-refractivity contribution < 1.29 is 4.39 Å². The van der Waals surface area contributed by atoms with Crippen LogP contribution >= 0.6 is 11.3 Å². The van der Waals surface area contributed by atoms with Crippen molar-refractivity contribution in [2.75, 3.05) is 18.0 Å². The zero-order chi connectivity index (χ0) is 15.8. The summed E-state index contributed by atoms with van der Waals surface area (Å²) in [5.41, 5.74) is 2.11. The zero-order valence-corrected chi connectivity index (χ0v) is 13.9. The van der Waals surface area contributed by atoms with Gasteiger partial charge in [0, 0.05) is 13.1 Å². The van der Waals surface area contributed by atoms with Crippen LogP contribution in [0.5, 0.6) is 0 Å². The van der Waals surface area contributed by atoms with Gasteiger partial charge < -0.3 is 4.90 Å². The SMILES string of the molecule is Cc1cn2nc(N3CCC(Cc4cccc(F)c4)CC3)sc2n1. The second-order valence-corrected chi connectivity index (χ2v) is 7.19. The first-order valence-electron chi connectivity index (χ1n) is 7.99. The molecule has 2 aromatic heterocycles. The molecule has 1 aromatic carbocycles. The second-order valence-electron chi connectivity index (χ2n) is 6.26. The molecule has 0 atom stereocenters. The van der Waals surface area contributed by atoms with Crippen LogP contribution in [0.2, 0.25) is 0 Å². The molecule has 0 spiro atoms. The Hall–Kier alpha value is -1.95. The predicted octanol–water partition coefficient (Wildman–Crippen LogP) is 3.70. The number of nitrogens with zero attached hydrogens (tertiary/aromatic N) is 4. The van der Waals surface area contributed by atoms with E-state index >= 15 is 0 Å². The molecular formula is C17H19FN4S. The molecule has 4 rings (SSSR count). The van der Waals surface area contributed by atoms with Crippen molar-refractivity contribution in [3.8, 4) is 0 Å².